The van der Waals surface area contributed by atoms with Gasteiger partial charge in [0.25, 0.3) is 0 Å². The van der Waals surface area contributed by atoms with Crippen LogP contribution in [0.15, 0.2) is 0 Å². The maximum atomic E-state index is 11.5. The molecule has 0 bridgehead atoms. The molecule has 1 aliphatic carbocycles. The lowest BCUT2D eigenvalue weighted by Crippen LogP contribution is -2.57. The summed E-state index contributed by atoms with van der Waals surface area (Å²) in [5, 5.41) is 12.7. The van der Waals surface area contributed by atoms with Crippen LogP contribution in [-0.2, 0) is 4.79 Å². The van der Waals surface area contributed by atoms with Gasteiger partial charge in [0.05, 0.1) is 0 Å². The molecule has 0 spiro atoms. The van der Waals surface area contributed by atoms with Gasteiger partial charge in [0.2, 0.25) is 0 Å². The van der Waals surface area contributed by atoms with Gasteiger partial charge in [-0.25, -0.2) is 0 Å². The average Bonchev–Trinajstić information content (AvgIpc) is 3.06. The van der Waals surface area contributed by atoms with Gasteiger partial charge in [-0.1, -0.05) is 12.8 Å². The first-order valence-electron chi connectivity index (χ1n) is 6.84. The summed E-state index contributed by atoms with van der Waals surface area (Å²) in [6, 6.07) is 0.433. The van der Waals surface area contributed by atoms with Crippen LogP contribution in [-0.4, -0.2) is 47.2 Å². The van der Waals surface area contributed by atoms with Gasteiger partial charge in [-0.3, -0.25) is 10.1 Å². The Morgan fingerprint density at radius 2 is 1.88 bits per heavy atom. The fraction of sp³-hybridized carbons (Fsp3) is 0.923. The van der Waals surface area contributed by atoms with Crippen molar-refractivity contribution in [3.8, 4) is 0 Å². The second kappa shape index (κ2) is 5.36. The minimum atomic E-state index is -0.772. The minimum absolute atomic E-state index is 0.433. The molecule has 1 aliphatic heterocycles. The largest absolute Gasteiger partial charge is 0.480 e. The Balaban J connectivity index is 1.92. The Kier molecular flexibility index (Phi) is 4.05. The second-order valence-corrected chi connectivity index (χ2v) is 5.75. The molecule has 4 nitrogen and oxygen atoms in total. The molecule has 1 unspecified atom stereocenters. The third-order valence-corrected chi connectivity index (χ3v) is 3.81. The highest BCUT2D eigenvalue weighted by Gasteiger charge is 2.39. The summed E-state index contributed by atoms with van der Waals surface area (Å²) < 4.78 is 0. The summed E-state index contributed by atoms with van der Waals surface area (Å²) in [4.78, 5) is 13.8. The molecule has 1 heterocycles. The topological polar surface area (TPSA) is 52.6 Å². The molecule has 4 heteroatoms. The molecule has 0 aromatic carbocycles. The molecule has 2 fully saturated rings. The number of nitrogens with one attached hydrogen (secondary N) is 1. The van der Waals surface area contributed by atoms with Gasteiger partial charge < -0.3 is 10.0 Å². The van der Waals surface area contributed by atoms with E-state index in [0.29, 0.717) is 12.6 Å². The highest BCUT2D eigenvalue weighted by Crippen LogP contribution is 2.24. The Morgan fingerprint density at radius 1 is 1.29 bits per heavy atom. The first-order chi connectivity index (χ1) is 8.10. The maximum absolute atomic E-state index is 11.5. The minimum Gasteiger partial charge on any atom is -0.480 e. The average molecular weight is 240 g/mol. The van der Waals surface area contributed by atoms with Crippen LogP contribution in [0.2, 0.25) is 0 Å². The van der Waals surface area contributed by atoms with E-state index in [1.54, 1.807) is 0 Å². The van der Waals surface area contributed by atoms with Gasteiger partial charge in [0, 0.05) is 12.6 Å². The Morgan fingerprint density at radius 3 is 2.35 bits per heavy atom. The van der Waals surface area contributed by atoms with Crippen molar-refractivity contribution in [1.29, 1.82) is 0 Å². The zero-order valence-electron chi connectivity index (χ0n) is 10.7. The number of aliphatic carboxylic acids is 1. The van der Waals surface area contributed by atoms with Crippen LogP contribution < -0.4 is 5.32 Å². The first kappa shape index (κ1) is 12.8. The Bertz CT molecular complexity index is 271. The Labute approximate surface area is 103 Å². The molecule has 98 valence electrons. The van der Waals surface area contributed by atoms with Crippen molar-refractivity contribution in [3.63, 3.8) is 0 Å². The van der Waals surface area contributed by atoms with Crippen LogP contribution in [0.25, 0.3) is 0 Å². The van der Waals surface area contributed by atoms with Crippen LogP contribution in [0.1, 0.15) is 45.4 Å². The number of carbonyl (C=O) groups is 1. The fourth-order valence-corrected chi connectivity index (χ4v) is 2.59. The lowest BCUT2D eigenvalue weighted by Gasteiger charge is -2.32. The second-order valence-electron chi connectivity index (χ2n) is 5.75. The highest BCUT2D eigenvalue weighted by molar-refractivity contribution is 5.78. The summed E-state index contributed by atoms with van der Waals surface area (Å²) in [7, 11) is 0. The van der Waals surface area contributed by atoms with Gasteiger partial charge in [-0.15, -0.1) is 0 Å². The molecular weight excluding hydrogens is 216 g/mol. The smallest absolute Gasteiger partial charge is 0.324 e. The molecule has 0 aromatic rings. The molecular formula is C13H24N2O2. The lowest BCUT2D eigenvalue weighted by atomic mass is 10.0. The number of hydrogen-bond donors (Lipinski definition) is 2. The third-order valence-electron chi connectivity index (χ3n) is 3.81. The number of carboxylic acid groups (broad SMARTS) is 1. The van der Waals surface area contributed by atoms with E-state index in [1.807, 2.05) is 6.92 Å². The lowest BCUT2D eigenvalue weighted by molar-refractivity contribution is -0.145. The predicted octanol–water partition coefficient (Wildman–Crippen LogP) is 1.46. The van der Waals surface area contributed by atoms with Crippen molar-refractivity contribution >= 4 is 5.97 Å². The standard InChI is InChI=1S/C13H24N2O2/c1-13(12(16)17,14-11-6-7-11)10-15-8-4-2-3-5-9-15/h11,14H,2-10H2,1H3,(H,16,17). The van der Waals surface area contributed by atoms with Crippen LogP contribution in [0.5, 0.6) is 0 Å². The van der Waals surface area contributed by atoms with Crippen molar-refractivity contribution in [2.45, 2.75) is 57.0 Å². The van der Waals surface area contributed by atoms with Crippen LogP contribution >= 0.6 is 0 Å². The number of hydrogen-bond acceptors (Lipinski definition) is 3. The molecule has 1 saturated carbocycles. The van der Waals surface area contributed by atoms with E-state index < -0.39 is 11.5 Å². The van der Waals surface area contributed by atoms with Crippen molar-refractivity contribution < 1.29 is 9.90 Å². The summed E-state index contributed by atoms with van der Waals surface area (Å²) in [5.74, 6) is -0.714. The Hall–Kier alpha value is -0.610. The molecule has 2 aliphatic rings. The van der Waals surface area contributed by atoms with E-state index >= 15 is 0 Å². The van der Waals surface area contributed by atoms with Crippen LogP contribution in [0.3, 0.4) is 0 Å². The molecule has 1 atom stereocenters. The zero-order valence-corrected chi connectivity index (χ0v) is 10.7. The summed E-state index contributed by atoms with van der Waals surface area (Å²) in [6.07, 6.45) is 7.25. The predicted molar refractivity (Wildman–Crippen MR) is 67.1 cm³/mol. The normalized spacial score (nSPS) is 26.2. The van der Waals surface area contributed by atoms with E-state index in [-0.39, 0.29) is 0 Å². The summed E-state index contributed by atoms with van der Waals surface area (Å²) in [6.45, 7) is 4.57. The van der Waals surface area contributed by atoms with Crippen molar-refractivity contribution in [2.24, 2.45) is 0 Å². The van der Waals surface area contributed by atoms with E-state index in [2.05, 4.69) is 10.2 Å². The number of likely N-dealkylation sites (tertiary alicyclic amines) is 1. The van der Waals surface area contributed by atoms with Crippen molar-refractivity contribution in [1.82, 2.24) is 10.2 Å². The zero-order chi connectivity index (χ0) is 12.3. The molecule has 17 heavy (non-hydrogen) atoms. The monoisotopic (exact) mass is 240 g/mol. The summed E-state index contributed by atoms with van der Waals surface area (Å²) >= 11 is 0. The van der Waals surface area contributed by atoms with Crippen molar-refractivity contribution in [2.75, 3.05) is 19.6 Å². The third kappa shape index (κ3) is 3.68. The molecule has 0 aromatic heterocycles. The van der Waals surface area contributed by atoms with E-state index in [0.717, 1.165) is 25.9 Å². The molecule has 0 amide bonds. The SMILES string of the molecule is CC(CN1CCCCCC1)(NC1CC1)C(=O)O. The molecule has 1 saturated heterocycles. The summed E-state index contributed by atoms with van der Waals surface area (Å²) in [5.41, 5.74) is -0.772. The maximum Gasteiger partial charge on any atom is 0.324 e. The van der Waals surface area contributed by atoms with Gasteiger partial charge in [-0.2, -0.15) is 0 Å². The quantitative estimate of drug-likeness (QED) is 0.764. The van der Waals surface area contributed by atoms with Gasteiger partial charge in [-0.05, 0) is 45.7 Å². The van der Waals surface area contributed by atoms with Crippen molar-refractivity contribution in [3.05, 3.63) is 0 Å². The molecule has 2 rings (SSSR count). The van der Waals surface area contributed by atoms with Crippen LogP contribution in [0.4, 0.5) is 0 Å². The number of nitrogens with zero attached hydrogens (tertiary/aromatic N) is 1. The first-order valence-corrected chi connectivity index (χ1v) is 6.84. The van der Waals surface area contributed by atoms with Crippen LogP contribution in [0, 0.1) is 0 Å². The van der Waals surface area contributed by atoms with Gasteiger partial charge >= 0.3 is 5.97 Å². The molecule has 0 radical (unpaired) electrons. The van der Waals surface area contributed by atoms with E-state index in [1.165, 1.54) is 25.7 Å². The van der Waals surface area contributed by atoms with E-state index in [9.17, 15) is 9.90 Å². The highest BCUT2D eigenvalue weighted by atomic mass is 16.4. The molecule has 2 N–H and O–H groups in total. The number of carboxylic acids is 1. The van der Waals surface area contributed by atoms with E-state index in [4.69, 9.17) is 0 Å². The fourth-order valence-electron chi connectivity index (χ4n) is 2.59. The van der Waals surface area contributed by atoms with Gasteiger partial charge in [0.1, 0.15) is 5.54 Å². The number of rotatable bonds is 5. The van der Waals surface area contributed by atoms with Gasteiger partial charge in [0.15, 0.2) is 0 Å².